The first-order valence-corrected chi connectivity index (χ1v) is 8.74. The predicted molar refractivity (Wildman–Crippen MR) is 96.8 cm³/mol. The van der Waals surface area contributed by atoms with Crippen LogP contribution in [0.15, 0.2) is 0 Å². The molecule has 1 saturated heterocycles. The average Bonchev–Trinajstić information content (AvgIpc) is 2.43. The van der Waals surface area contributed by atoms with E-state index >= 15 is 0 Å². The molecule has 0 atom stereocenters. The molecule has 7 nitrogen and oxygen atoms in total. The first kappa shape index (κ1) is 20.9. The summed E-state index contributed by atoms with van der Waals surface area (Å²) in [5.74, 6) is -0.0760. The molecule has 0 saturated carbocycles. The van der Waals surface area contributed by atoms with Crippen LogP contribution in [-0.2, 0) is 9.59 Å². The fourth-order valence-corrected chi connectivity index (χ4v) is 2.76. The SMILES string of the molecule is CC1(C)NC(=O)CNCCNCCNCC(=O)NC(C)(C)C1(C)C. The van der Waals surface area contributed by atoms with Crippen LogP contribution in [-0.4, -0.2) is 62.2 Å². The minimum absolute atomic E-state index is 0.0380. The van der Waals surface area contributed by atoms with Gasteiger partial charge in [-0.15, -0.1) is 0 Å². The Labute approximate surface area is 146 Å². The Bertz CT molecular complexity index is 408. The van der Waals surface area contributed by atoms with Crippen molar-refractivity contribution >= 4 is 11.8 Å². The topological polar surface area (TPSA) is 94.3 Å². The molecule has 1 fully saturated rings. The maximum absolute atomic E-state index is 12.3. The van der Waals surface area contributed by atoms with Crippen molar-refractivity contribution in [3.05, 3.63) is 0 Å². The van der Waals surface area contributed by atoms with Gasteiger partial charge in [-0.2, -0.15) is 0 Å². The van der Waals surface area contributed by atoms with Gasteiger partial charge >= 0.3 is 0 Å². The van der Waals surface area contributed by atoms with Gasteiger partial charge in [0, 0.05) is 42.7 Å². The third-order valence-electron chi connectivity index (χ3n) is 5.56. The molecule has 140 valence electrons. The molecule has 1 rings (SSSR count). The molecular formula is C17H35N5O2. The van der Waals surface area contributed by atoms with Crippen LogP contribution in [0.2, 0.25) is 0 Å². The Morgan fingerprint density at radius 2 is 0.958 bits per heavy atom. The third-order valence-corrected chi connectivity index (χ3v) is 5.56. The van der Waals surface area contributed by atoms with E-state index in [4.69, 9.17) is 0 Å². The van der Waals surface area contributed by atoms with E-state index in [-0.39, 0.29) is 30.3 Å². The van der Waals surface area contributed by atoms with Crippen LogP contribution < -0.4 is 26.6 Å². The summed E-state index contributed by atoms with van der Waals surface area (Å²) in [5.41, 5.74) is -1.36. The molecule has 0 bridgehead atoms. The second kappa shape index (κ2) is 8.27. The van der Waals surface area contributed by atoms with Crippen molar-refractivity contribution in [2.24, 2.45) is 5.41 Å². The van der Waals surface area contributed by atoms with Gasteiger partial charge in [-0.05, 0) is 27.7 Å². The van der Waals surface area contributed by atoms with Crippen LogP contribution in [0.3, 0.4) is 0 Å². The lowest BCUT2D eigenvalue weighted by molar-refractivity contribution is -0.126. The Morgan fingerprint density at radius 1 is 0.625 bits per heavy atom. The highest BCUT2D eigenvalue weighted by molar-refractivity contribution is 5.80. The Kier molecular flexibility index (Phi) is 7.19. The van der Waals surface area contributed by atoms with Crippen molar-refractivity contribution in [2.45, 2.75) is 52.6 Å². The third kappa shape index (κ3) is 5.43. The first-order chi connectivity index (χ1) is 11.0. The molecule has 1 heterocycles. The molecule has 24 heavy (non-hydrogen) atoms. The Hall–Kier alpha value is -1.18. The fourth-order valence-electron chi connectivity index (χ4n) is 2.76. The van der Waals surface area contributed by atoms with Crippen molar-refractivity contribution in [1.29, 1.82) is 0 Å². The summed E-state index contributed by atoms with van der Waals surface area (Å²) < 4.78 is 0. The summed E-state index contributed by atoms with van der Waals surface area (Å²) in [6.45, 7) is 15.7. The second-order valence-electron chi connectivity index (χ2n) is 8.07. The number of rotatable bonds is 0. The summed E-state index contributed by atoms with van der Waals surface area (Å²) in [6, 6.07) is 0. The highest BCUT2D eigenvalue weighted by Crippen LogP contribution is 2.40. The van der Waals surface area contributed by atoms with E-state index in [2.05, 4.69) is 40.4 Å². The normalized spacial score (nSPS) is 26.2. The monoisotopic (exact) mass is 341 g/mol. The van der Waals surface area contributed by atoms with Crippen molar-refractivity contribution < 1.29 is 9.59 Å². The van der Waals surface area contributed by atoms with Gasteiger partial charge in [-0.3, -0.25) is 9.59 Å². The molecule has 0 aliphatic carbocycles. The van der Waals surface area contributed by atoms with E-state index in [1.165, 1.54) is 0 Å². The number of hydrogen-bond acceptors (Lipinski definition) is 5. The van der Waals surface area contributed by atoms with Gasteiger partial charge in [0.2, 0.25) is 11.8 Å². The van der Waals surface area contributed by atoms with E-state index in [1.807, 2.05) is 27.7 Å². The molecule has 1 aliphatic heterocycles. The highest BCUT2D eigenvalue weighted by Gasteiger charge is 2.49. The van der Waals surface area contributed by atoms with Gasteiger partial charge < -0.3 is 26.6 Å². The lowest BCUT2D eigenvalue weighted by Gasteiger charge is -2.52. The van der Waals surface area contributed by atoms with E-state index in [0.29, 0.717) is 0 Å². The highest BCUT2D eigenvalue weighted by atomic mass is 16.2. The molecule has 2 amide bonds. The molecule has 0 radical (unpaired) electrons. The summed E-state index contributed by atoms with van der Waals surface area (Å²) in [6.07, 6.45) is 0. The zero-order valence-electron chi connectivity index (χ0n) is 16.1. The maximum Gasteiger partial charge on any atom is 0.234 e. The van der Waals surface area contributed by atoms with Gasteiger partial charge in [-0.25, -0.2) is 0 Å². The summed E-state index contributed by atoms with van der Waals surface area (Å²) >= 11 is 0. The smallest absolute Gasteiger partial charge is 0.234 e. The Morgan fingerprint density at radius 3 is 1.33 bits per heavy atom. The standard InChI is InChI=1S/C17H35N5O2/c1-15(2)16(3,4)21-13(23)11-19-9-7-18-8-10-20-12-14(24)22-17(15,5)6/h18-20H,7-12H2,1-6H3,(H,21,23)(H,22,24). The molecule has 7 heteroatoms. The molecule has 5 N–H and O–H groups in total. The van der Waals surface area contributed by atoms with Crippen LogP contribution in [0, 0.1) is 5.41 Å². The largest absolute Gasteiger partial charge is 0.349 e. The van der Waals surface area contributed by atoms with Crippen molar-refractivity contribution in [3.63, 3.8) is 0 Å². The van der Waals surface area contributed by atoms with Crippen LogP contribution in [0.25, 0.3) is 0 Å². The Balaban J connectivity index is 2.92. The quantitative estimate of drug-likeness (QED) is 0.413. The first-order valence-electron chi connectivity index (χ1n) is 8.74. The minimum Gasteiger partial charge on any atom is -0.349 e. The lowest BCUT2D eigenvalue weighted by Crippen LogP contribution is -2.67. The fraction of sp³-hybridized carbons (Fsp3) is 0.882. The minimum atomic E-state index is -0.495. The van der Waals surface area contributed by atoms with Crippen LogP contribution >= 0.6 is 0 Å². The van der Waals surface area contributed by atoms with E-state index in [1.54, 1.807) is 0 Å². The van der Waals surface area contributed by atoms with Crippen molar-refractivity contribution in [2.75, 3.05) is 39.3 Å². The van der Waals surface area contributed by atoms with Crippen molar-refractivity contribution in [3.8, 4) is 0 Å². The summed E-state index contributed by atoms with van der Waals surface area (Å²) in [5, 5.41) is 15.8. The van der Waals surface area contributed by atoms with E-state index < -0.39 is 11.1 Å². The van der Waals surface area contributed by atoms with E-state index in [0.717, 1.165) is 26.2 Å². The molecule has 0 unspecified atom stereocenters. The van der Waals surface area contributed by atoms with Gasteiger partial charge in [0.25, 0.3) is 0 Å². The predicted octanol–water partition coefficient (Wildman–Crippen LogP) is -0.415. The van der Waals surface area contributed by atoms with Gasteiger partial charge in [0.05, 0.1) is 13.1 Å². The molecular weight excluding hydrogens is 306 g/mol. The maximum atomic E-state index is 12.3. The van der Waals surface area contributed by atoms with E-state index in [9.17, 15) is 9.59 Å². The number of carbonyl (C=O) groups is 2. The lowest BCUT2D eigenvalue weighted by atomic mass is 9.62. The van der Waals surface area contributed by atoms with Crippen LogP contribution in [0.1, 0.15) is 41.5 Å². The summed E-state index contributed by atoms with van der Waals surface area (Å²) in [4.78, 5) is 24.5. The number of carbonyl (C=O) groups excluding carboxylic acids is 2. The van der Waals surface area contributed by atoms with Gasteiger partial charge in [-0.1, -0.05) is 13.8 Å². The van der Waals surface area contributed by atoms with Crippen LogP contribution in [0.5, 0.6) is 0 Å². The zero-order chi connectivity index (χ0) is 18.4. The van der Waals surface area contributed by atoms with Gasteiger partial charge in [0.15, 0.2) is 0 Å². The molecule has 0 aromatic heterocycles. The number of hydrogen-bond donors (Lipinski definition) is 5. The van der Waals surface area contributed by atoms with Crippen molar-refractivity contribution in [1.82, 2.24) is 26.6 Å². The number of amides is 2. The second-order valence-corrected chi connectivity index (χ2v) is 8.07. The number of nitrogens with one attached hydrogen (secondary N) is 5. The summed E-state index contributed by atoms with van der Waals surface area (Å²) in [7, 11) is 0. The molecule has 1 aliphatic rings. The zero-order valence-corrected chi connectivity index (χ0v) is 16.1. The molecule has 0 aromatic rings. The van der Waals surface area contributed by atoms with Crippen LogP contribution in [0.4, 0.5) is 0 Å². The average molecular weight is 342 g/mol. The molecule has 0 spiro atoms. The van der Waals surface area contributed by atoms with Gasteiger partial charge in [0.1, 0.15) is 0 Å². The molecule has 0 aromatic carbocycles.